The molecule has 0 amide bonds. The van der Waals surface area contributed by atoms with Crippen LogP contribution in [0.2, 0.25) is 0 Å². The van der Waals surface area contributed by atoms with E-state index in [0.717, 1.165) is 0 Å². The lowest BCUT2D eigenvalue weighted by Gasteiger charge is -2.29. The average molecular weight is 418 g/mol. The molecular formula is C22H27FN2O5. The van der Waals surface area contributed by atoms with Crippen molar-refractivity contribution in [1.29, 1.82) is 0 Å². The van der Waals surface area contributed by atoms with E-state index in [1.807, 2.05) is 0 Å². The molecule has 0 radical (unpaired) electrons. The Labute approximate surface area is 175 Å². The molecule has 8 heteroatoms. The van der Waals surface area contributed by atoms with Crippen molar-refractivity contribution in [2.45, 2.75) is 46.3 Å². The van der Waals surface area contributed by atoms with E-state index >= 15 is 0 Å². The molecule has 0 aliphatic rings. The van der Waals surface area contributed by atoms with Crippen LogP contribution in [0.3, 0.4) is 0 Å². The van der Waals surface area contributed by atoms with Crippen LogP contribution in [0.15, 0.2) is 18.2 Å². The summed E-state index contributed by atoms with van der Waals surface area (Å²) < 4.78 is 30.1. The Morgan fingerprint density at radius 3 is 2.27 bits per heavy atom. The Balaban J connectivity index is 2.93. The molecule has 0 bridgehead atoms. The zero-order valence-electron chi connectivity index (χ0n) is 18.3. The van der Waals surface area contributed by atoms with E-state index in [0.29, 0.717) is 27.9 Å². The van der Waals surface area contributed by atoms with E-state index in [1.165, 1.54) is 26.4 Å². The van der Waals surface area contributed by atoms with E-state index in [2.05, 4.69) is 4.98 Å². The molecule has 1 unspecified atom stereocenters. The summed E-state index contributed by atoms with van der Waals surface area (Å²) in [6.07, 6.45) is -1.15. The van der Waals surface area contributed by atoms with Crippen molar-refractivity contribution < 1.29 is 28.2 Å². The van der Waals surface area contributed by atoms with E-state index < -0.39 is 29.5 Å². The number of methoxy groups -OCH3 is 2. The summed E-state index contributed by atoms with van der Waals surface area (Å²) in [4.78, 5) is 29.3. The summed E-state index contributed by atoms with van der Waals surface area (Å²) in [6, 6.07) is 4.27. The minimum Gasteiger partial charge on any atom is -0.467 e. The number of pyridine rings is 1. The molecule has 2 N–H and O–H groups in total. The van der Waals surface area contributed by atoms with Crippen molar-refractivity contribution in [2.24, 2.45) is 0 Å². The van der Waals surface area contributed by atoms with Crippen LogP contribution in [-0.2, 0) is 19.0 Å². The van der Waals surface area contributed by atoms with Gasteiger partial charge in [0.25, 0.3) is 0 Å². The first-order valence-corrected chi connectivity index (χ1v) is 9.31. The fourth-order valence-electron chi connectivity index (χ4n) is 3.17. The average Bonchev–Trinajstić information content (AvgIpc) is 2.67. The zero-order valence-corrected chi connectivity index (χ0v) is 18.3. The van der Waals surface area contributed by atoms with Gasteiger partial charge in [-0.25, -0.2) is 19.0 Å². The monoisotopic (exact) mass is 418 g/mol. The van der Waals surface area contributed by atoms with Crippen LogP contribution in [-0.4, -0.2) is 36.7 Å². The Hall–Kier alpha value is -3.00. The SMILES string of the molecule is COC(=O)c1nc(C)c(C(OC(C)(C)C)C(=O)OC)c(-c2ccc(N)c(F)c2)c1C. The van der Waals surface area contributed by atoms with Crippen molar-refractivity contribution in [3.8, 4) is 11.1 Å². The van der Waals surface area contributed by atoms with Gasteiger partial charge in [-0.1, -0.05) is 6.07 Å². The number of rotatable bonds is 5. The van der Waals surface area contributed by atoms with Gasteiger partial charge in [-0.2, -0.15) is 0 Å². The van der Waals surface area contributed by atoms with Crippen molar-refractivity contribution >= 4 is 17.6 Å². The second-order valence-corrected chi connectivity index (χ2v) is 7.82. The fraction of sp³-hybridized carbons (Fsp3) is 0.409. The summed E-state index contributed by atoms with van der Waals surface area (Å²) in [5, 5.41) is 0. The van der Waals surface area contributed by atoms with E-state index in [9.17, 15) is 14.0 Å². The first-order chi connectivity index (χ1) is 13.9. The molecule has 0 saturated carbocycles. The molecule has 2 rings (SSSR count). The van der Waals surface area contributed by atoms with Crippen molar-refractivity contribution in [1.82, 2.24) is 4.98 Å². The molecule has 0 fully saturated rings. The number of carbonyl (C=O) groups excluding carboxylic acids is 2. The van der Waals surface area contributed by atoms with Gasteiger partial charge in [-0.3, -0.25) is 0 Å². The number of esters is 2. The highest BCUT2D eigenvalue weighted by atomic mass is 19.1. The van der Waals surface area contributed by atoms with Crippen LogP contribution in [0.5, 0.6) is 0 Å². The predicted octanol–water partition coefficient (Wildman–Crippen LogP) is 3.90. The van der Waals surface area contributed by atoms with Crippen molar-refractivity contribution in [2.75, 3.05) is 20.0 Å². The van der Waals surface area contributed by atoms with Gasteiger partial charge >= 0.3 is 11.9 Å². The third kappa shape index (κ3) is 4.76. The number of hydrogen-bond acceptors (Lipinski definition) is 7. The molecule has 0 aliphatic carbocycles. The molecule has 0 spiro atoms. The fourth-order valence-corrected chi connectivity index (χ4v) is 3.17. The van der Waals surface area contributed by atoms with Gasteiger partial charge in [0, 0.05) is 11.3 Å². The molecule has 1 atom stereocenters. The molecule has 162 valence electrons. The normalized spacial score (nSPS) is 12.4. The summed E-state index contributed by atoms with van der Waals surface area (Å²) >= 11 is 0. The molecule has 0 aliphatic heterocycles. The summed E-state index contributed by atoms with van der Waals surface area (Å²) in [6.45, 7) is 8.68. The maximum atomic E-state index is 14.3. The number of nitrogens with zero attached hydrogens (tertiary/aromatic N) is 1. The number of anilines is 1. The maximum absolute atomic E-state index is 14.3. The topological polar surface area (TPSA) is 101 Å². The first-order valence-electron chi connectivity index (χ1n) is 9.31. The molecule has 1 heterocycles. The van der Waals surface area contributed by atoms with E-state index in [4.69, 9.17) is 19.9 Å². The molecule has 2 aromatic rings. The van der Waals surface area contributed by atoms with Crippen LogP contribution >= 0.6 is 0 Å². The third-order valence-electron chi connectivity index (χ3n) is 4.49. The number of hydrogen-bond donors (Lipinski definition) is 1. The zero-order chi connectivity index (χ0) is 22.8. The van der Waals surface area contributed by atoms with Crippen LogP contribution in [0, 0.1) is 19.7 Å². The number of carbonyl (C=O) groups is 2. The molecular weight excluding hydrogens is 391 g/mol. The molecule has 1 aromatic heterocycles. The Morgan fingerprint density at radius 2 is 1.77 bits per heavy atom. The van der Waals surface area contributed by atoms with Gasteiger partial charge in [0.05, 0.1) is 25.5 Å². The van der Waals surface area contributed by atoms with Crippen LogP contribution in [0.25, 0.3) is 11.1 Å². The standard InChI is InChI=1S/C22H27FN2O5/c1-11-16(13-8-9-15(24)14(23)10-13)17(12(2)25-18(11)20(26)28-6)19(21(27)29-7)30-22(3,4)5/h8-10,19H,24H2,1-7H3. The van der Waals surface area contributed by atoms with Gasteiger partial charge in [0.15, 0.2) is 11.8 Å². The second kappa shape index (κ2) is 8.79. The van der Waals surface area contributed by atoms with Gasteiger partial charge < -0.3 is 19.9 Å². The summed E-state index contributed by atoms with van der Waals surface area (Å²) in [5.74, 6) is -1.92. The summed E-state index contributed by atoms with van der Waals surface area (Å²) in [7, 11) is 2.50. The van der Waals surface area contributed by atoms with Gasteiger partial charge in [0.1, 0.15) is 5.82 Å². The predicted molar refractivity (Wildman–Crippen MR) is 110 cm³/mol. The largest absolute Gasteiger partial charge is 0.467 e. The molecule has 7 nitrogen and oxygen atoms in total. The Kier molecular flexibility index (Phi) is 6.82. The lowest BCUT2D eigenvalue weighted by molar-refractivity contribution is -0.164. The maximum Gasteiger partial charge on any atom is 0.356 e. The lowest BCUT2D eigenvalue weighted by Crippen LogP contribution is -2.30. The van der Waals surface area contributed by atoms with Crippen molar-refractivity contribution in [3.63, 3.8) is 0 Å². The highest BCUT2D eigenvalue weighted by Gasteiger charge is 2.34. The van der Waals surface area contributed by atoms with Crippen LogP contribution in [0.1, 0.15) is 54.2 Å². The number of benzene rings is 1. The smallest absolute Gasteiger partial charge is 0.356 e. The Bertz CT molecular complexity index is 982. The highest BCUT2D eigenvalue weighted by molar-refractivity contribution is 5.93. The highest BCUT2D eigenvalue weighted by Crippen LogP contribution is 2.39. The van der Waals surface area contributed by atoms with Crippen LogP contribution in [0.4, 0.5) is 10.1 Å². The van der Waals surface area contributed by atoms with Gasteiger partial charge in [-0.05, 0) is 63.4 Å². The number of aryl methyl sites for hydroxylation is 1. The third-order valence-corrected chi connectivity index (χ3v) is 4.49. The Morgan fingerprint density at radius 1 is 1.13 bits per heavy atom. The van der Waals surface area contributed by atoms with Gasteiger partial charge in [0.2, 0.25) is 0 Å². The van der Waals surface area contributed by atoms with Crippen LogP contribution < -0.4 is 5.73 Å². The minimum absolute atomic E-state index is 0.0209. The minimum atomic E-state index is -1.15. The molecule has 1 aromatic carbocycles. The van der Waals surface area contributed by atoms with E-state index in [1.54, 1.807) is 40.7 Å². The number of ether oxygens (including phenoxy) is 3. The number of nitrogen functional groups attached to an aromatic ring is 1. The number of aromatic nitrogens is 1. The number of nitrogens with two attached hydrogens (primary N) is 1. The number of halogens is 1. The second-order valence-electron chi connectivity index (χ2n) is 7.82. The first kappa shape index (κ1) is 23.3. The quantitative estimate of drug-likeness (QED) is 0.580. The van der Waals surface area contributed by atoms with Crippen molar-refractivity contribution in [3.05, 3.63) is 46.5 Å². The lowest BCUT2D eigenvalue weighted by atomic mass is 9.89. The molecule has 30 heavy (non-hydrogen) atoms. The molecule has 0 saturated heterocycles. The van der Waals surface area contributed by atoms with E-state index in [-0.39, 0.29) is 11.4 Å². The van der Waals surface area contributed by atoms with Gasteiger partial charge in [-0.15, -0.1) is 0 Å². The summed E-state index contributed by atoms with van der Waals surface area (Å²) in [5.41, 5.74) is 6.96.